The molecule has 0 bridgehead atoms. The first-order valence-electron chi connectivity index (χ1n) is 8.30. The molecule has 23 heavy (non-hydrogen) atoms. The number of aromatic nitrogens is 1. The Hall–Kier alpha value is -1.88. The topological polar surface area (TPSA) is 45.2 Å². The van der Waals surface area contributed by atoms with Gasteiger partial charge in [-0.25, -0.2) is 4.98 Å². The van der Waals surface area contributed by atoms with E-state index in [1.807, 2.05) is 23.7 Å². The number of anilines is 1. The first-order valence-corrected chi connectivity index (χ1v) is 9.18. The van der Waals surface area contributed by atoms with Crippen LogP contribution in [0.15, 0.2) is 35.8 Å². The van der Waals surface area contributed by atoms with Crippen LogP contribution in [0.1, 0.15) is 42.1 Å². The molecule has 0 aliphatic carbocycles. The number of carbonyl (C=O) groups is 1. The van der Waals surface area contributed by atoms with Gasteiger partial charge in [0.05, 0.1) is 0 Å². The third-order valence-corrected chi connectivity index (χ3v) is 5.11. The monoisotopic (exact) mass is 329 g/mol. The molecule has 5 heteroatoms. The number of rotatable bonds is 5. The molecule has 1 aliphatic rings. The lowest BCUT2D eigenvalue weighted by atomic mass is 10.0. The maximum Gasteiger partial charge on any atom is 0.251 e. The number of aryl methyl sites for hydroxylation is 1. The molecule has 3 rings (SSSR count). The average molecular weight is 329 g/mol. The Morgan fingerprint density at radius 2 is 2.04 bits per heavy atom. The predicted molar refractivity (Wildman–Crippen MR) is 95.3 cm³/mol. The fourth-order valence-corrected chi connectivity index (χ4v) is 3.66. The summed E-state index contributed by atoms with van der Waals surface area (Å²) in [5.74, 6) is 0.0424. The van der Waals surface area contributed by atoms with Gasteiger partial charge in [0.1, 0.15) is 0 Å². The van der Waals surface area contributed by atoms with Crippen molar-refractivity contribution in [2.75, 3.05) is 18.0 Å². The first kappa shape index (κ1) is 16.0. The van der Waals surface area contributed by atoms with Crippen molar-refractivity contribution < 1.29 is 4.79 Å². The lowest BCUT2D eigenvalue weighted by molar-refractivity contribution is 0.0931. The Morgan fingerprint density at radius 1 is 1.30 bits per heavy atom. The lowest BCUT2D eigenvalue weighted by Gasteiger charge is -2.32. The highest BCUT2D eigenvalue weighted by molar-refractivity contribution is 7.13. The van der Waals surface area contributed by atoms with Gasteiger partial charge >= 0.3 is 0 Å². The van der Waals surface area contributed by atoms with Crippen molar-refractivity contribution in [3.63, 3.8) is 0 Å². The molecule has 1 amide bonds. The second kappa shape index (κ2) is 7.59. The standard InChI is InChI=1S/C18H23N3OS/c1-2-3-14-4-6-15(7-5-14)17(22)20-16-8-11-21(12-9-16)18-19-10-13-23-18/h4-7,10,13,16H,2-3,8-9,11-12H2,1H3,(H,20,22). The van der Waals surface area contributed by atoms with E-state index in [-0.39, 0.29) is 11.9 Å². The van der Waals surface area contributed by atoms with E-state index >= 15 is 0 Å². The second-order valence-electron chi connectivity index (χ2n) is 6.00. The van der Waals surface area contributed by atoms with Gasteiger partial charge in [-0.05, 0) is 37.0 Å². The fraction of sp³-hybridized carbons (Fsp3) is 0.444. The summed E-state index contributed by atoms with van der Waals surface area (Å²) in [7, 11) is 0. The van der Waals surface area contributed by atoms with E-state index < -0.39 is 0 Å². The zero-order chi connectivity index (χ0) is 16.1. The SMILES string of the molecule is CCCc1ccc(C(=O)NC2CCN(c3nccs3)CC2)cc1. The number of amides is 1. The Balaban J connectivity index is 1.51. The molecular weight excluding hydrogens is 306 g/mol. The van der Waals surface area contributed by atoms with Crippen LogP contribution in [0.25, 0.3) is 0 Å². The van der Waals surface area contributed by atoms with Crippen molar-refractivity contribution in [1.29, 1.82) is 0 Å². The number of nitrogens with zero attached hydrogens (tertiary/aromatic N) is 2. The van der Waals surface area contributed by atoms with Gasteiger partial charge in [0.15, 0.2) is 5.13 Å². The molecule has 1 fully saturated rings. The van der Waals surface area contributed by atoms with Gasteiger partial charge < -0.3 is 10.2 Å². The van der Waals surface area contributed by atoms with Crippen LogP contribution in [0.4, 0.5) is 5.13 Å². The van der Waals surface area contributed by atoms with Gasteiger partial charge in [0, 0.05) is 36.3 Å². The highest BCUT2D eigenvalue weighted by Gasteiger charge is 2.22. The summed E-state index contributed by atoms with van der Waals surface area (Å²) in [6.07, 6.45) is 5.98. The van der Waals surface area contributed by atoms with Crippen molar-refractivity contribution in [1.82, 2.24) is 10.3 Å². The Kier molecular flexibility index (Phi) is 5.28. The van der Waals surface area contributed by atoms with Crippen LogP contribution in [0.5, 0.6) is 0 Å². The molecule has 1 saturated heterocycles. The van der Waals surface area contributed by atoms with E-state index in [1.54, 1.807) is 11.3 Å². The molecule has 0 atom stereocenters. The van der Waals surface area contributed by atoms with E-state index in [2.05, 4.69) is 34.3 Å². The molecule has 0 spiro atoms. The average Bonchev–Trinajstić information content (AvgIpc) is 3.11. The summed E-state index contributed by atoms with van der Waals surface area (Å²) in [5, 5.41) is 6.26. The Bertz CT molecular complexity index is 616. The van der Waals surface area contributed by atoms with E-state index in [1.165, 1.54) is 5.56 Å². The Labute approximate surface area is 141 Å². The summed E-state index contributed by atoms with van der Waals surface area (Å²) in [4.78, 5) is 19.0. The van der Waals surface area contributed by atoms with Gasteiger partial charge in [-0.3, -0.25) is 4.79 Å². The number of benzene rings is 1. The number of hydrogen-bond acceptors (Lipinski definition) is 4. The molecule has 0 radical (unpaired) electrons. The van der Waals surface area contributed by atoms with Crippen LogP contribution in [0, 0.1) is 0 Å². The molecule has 1 aromatic carbocycles. The number of piperidine rings is 1. The molecule has 0 unspecified atom stereocenters. The third-order valence-electron chi connectivity index (χ3n) is 4.27. The van der Waals surface area contributed by atoms with E-state index in [9.17, 15) is 4.79 Å². The summed E-state index contributed by atoms with van der Waals surface area (Å²) >= 11 is 1.67. The number of thiazole rings is 1. The van der Waals surface area contributed by atoms with Crippen molar-refractivity contribution in [2.45, 2.75) is 38.6 Å². The number of carbonyl (C=O) groups excluding carboxylic acids is 1. The van der Waals surface area contributed by atoms with Crippen LogP contribution < -0.4 is 10.2 Å². The fourth-order valence-electron chi connectivity index (χ4n) is 2.97. The summed E-state index contributed by atoms with van der Waals surface area (Å²) in [5.41, 5.74) is 2.05. The molecule has 1 aliphatic heterocycles. The van der Waals surface area contributed by atoms with Crippen molar-refractivity contribution >= 4 is 22.4 Å². The zero-order valence-corrected chi connectivity index (χ0v) is 14.3. The van der Waals surface area contributed by atoms with Crippen LogP contribution in [-0.2, 0) is 6.42 Å². The van der Waals surface area contributed by atoms with E-state index in [0.29, 0.717) is 0 Å². The normalized spacial score (nSPS) is 15.6. The summed E-state index contributed by atoms with van der Waals surface area (Å²) in [6, 6.07) is 8.25. The van der Waals surface area contributed by atoms with Gasteiger partial charge in [-0.2, -0.15) is 0 Å². The van der Waals surface area contributed by atoms with Crippen molar-refractivity contribution in [3.8, 4) is 0 Å². The Morgan fingerprint density at radius 3 is 2.65 bits per heavy atom. The van der Waals surface area contributed by atoms with E-state index in [0.717, 1.165) is 49.5 Å². The highest BCUT2D eigenvalue weighted by Crippen LogP contribution is 2.22. The predicted octanol–water partition coefficient (Wildman–Crippen LogP) is 3.49. The van der Waals surface area contributed by atoms with Gasteiger partial charge in [-0.15, -0.1) is 11.3 Å². The van der Waals surface area contributed by atoms with Crippen LogP contribution in [0.2, 0.25) is 0 Å². The molecule has 1 aromatic heterocycles. The molecular formula is C18H23N3OS. The minimum atomic E-state index is 0.0424. The first-order chi connectivity index (χ1) is 11.3. The second-order valence-corrected chi connectivity index (χ2v) is 6.87. The zero-order valence-electron chi connectivity index (χ0n) is 13.5. The lowest BCUT2D eigenvalue weighted by Crippen LogP contribution is -2.44. The van der Waals surface area contributed by atoms with Crippen molar-refractivity contribution in [3.05, 3.63) is 47.0 Å². The maximum atomic E-state index is 12.4. The van der Waals surface area contributed by atoms with Crippen LogP contribution in [0.3, 0.4) is 0 Å². The van der Waals surface area contributed by atoms with E-state index in [4.69, 9.17) is 0 Å². The molecule has 2 heterocycles. The molecule has 0 saturated carbocycles. The molecule has 122 valence electrons. The summed E-state index contributed by atoms with van der Waals surface area (Å²) in [6.45, 7) is 4.07. The number of hydrogen-bond donors (Lipinski definition) is 1. The minimum absolute atomic E-state index is 0.0424. The van der Waals surface area contributed by atoms with Gasteiger partial charge in [0.25, 0.3) is 5.91 Å². The largest absolute Gasteiger partial charge is 0.349 e. The smallest absolute Gasteiger partial charge is 0.251 e. The summed E-state index contributed by atoms with van der Waals surface area (Å²) < 4.78 is 0. The van der Waals surface area contributed by atoms with Gasteiger partial charge in [0.2, 0.25) is 0 Å². The third kappa shape index (κ3) is 4.10. The van der Waals surface area contributed by atoms with Crippen molar-refractivity contribution in [2.24, 2.45) is 0 Å². The maximum absolute atomic E-state index is 12.4. The molecule has 4 nitrogen and oxygen atoms in total. The van der Waals surface area contributed by atoms with Gasteiger partial charge in [-0.1, -0.05) is 25.5 Å². The molecule has 1 N–H and O–H groups in total. The highest BCUT2D eigenvalue weighted by atomic mass is 32.1. The number of nitrogens with one attached hydrogen (secondary N) is 1. The minimum Gasteiger partial charge on any atom is -0.349 e. The van der Waals surface area contributed by atoms with Crippen LogP contribution in [-0.4, -0.2) is 30.0 Å². The quantitative estimate of drug-likeness (QED) is 0.913. The molecule has 2 aromatic rings. The van der Waals surface area contributed by atoms with Crippen LogP contribution >= 0.6 is 11.3 Å².